The first-order valence-electron chi connectivity index (χ1n) is 11.4. The highest BCUT2D eigenvalue weighted by atomic mass is 32.2. The van der Waals surface area contributed by atoms with Gasteiger partial charge in [-0.15, -0.1) is 11.3 Å². The van der Waals surface area contributed by atoms with Gasteiger partial charge in [0.05, 0.1) is 6.10 Å². The maximum Gasteiger partial charge on any atom is 0.345 e. The average Bonchev–Trinajstić information content (AvgIpc) is 3.53. The van der Waals surface area contributed by atoms with E-state index >= 15 is 0 Å². The molecule has 1 aromatic carbocycles. The molecule has 1 aliphatic heterocycles. The highest BCUT2D eigenvalue weighted by molar-refractivity contribution is 8.16. The third kappa shape index (κ3) is 7.24. The number of aromatic carboxylic acids is 1. The first kappa shape index (κ1) is 26.0. The SMILES string of the molecule is Cc1cc(C#Cc2ccsc2)cc(CC(O)CCN2C=CSC(=O)N2CCc2ccc(C(=O)O)s2)c1. The Bertz CT molecular complexity index is 1300. The van der Waals surface area contributed by atoms with Crippen LogP contribution >= 0.6 is 34.4 Å². The smallest absolute Gasteiger partial charge is 0.345 e. The van der Waals surface area contributed by atoms with Crippen LogP contribution in [0.2, 0.25) is 0 Å². The van der Waals surface area contributed by atoms with Crippen LogP contribution in [0.25, 0.3) is 0 Å². The molecule has 0 bridgehead atoms. The first-order valence-corrected chi connectivity index (χ1v) is 14.1. The fraction of sp³-hybridized carbons (Fsp3) is 0.259. The van der Waals surface area contributed by atoms with Crippen LogP contribution in [-0.4, -0.2) is 50.6 Å². The monoisotopic (exact) mass is 538 g/mol. The second-order valence-electron chi connectivity index (χ2n) is 8.39. The van der Waals surface area contributed by atoms with Crippen molar-refractivity contribution in [3.63, 3.8) is 0 Å². The third-order valence-corrected chi connectivity index (χ3v) is 8.02. The molecular formula is C27H26N2O4S3. The van der Waals surface area contributed by atoms with Crippen molar-refractivity contribution in [2.24, 2.45) is 0 Å². The van der Waals surface area contributed by atoms with Gasteiger partial charge in [-0.2, -0.15) is 11.3 Å². The average molecular weight is 539 g/mol. The van der Waals surface area contributed by atoms with E-state index in [-0.39, 0.29) is 5.24 Å². The summed E-state index contributed by atoms with van der Waals surface area (Å²) in [6.07, 6.45) is 2.84. The van der Waals surface area contributed by atoms with Gasteiger partial charge in [0.2, 0.25) is 0 Å². The van der Waals surface area contributed by atoms with Crippen LogP contribution in [0.1, 0.15) is 43.2 Å². The molecule has 0 fully saturated rings. The van der Waals surface area contributed by atoms with Crippen molar-refractivity contribution in [2.75, 3.05) is 13.1 Å². The Morgan fingerprint density at radius 2 is 1.94 bits per heavy atom. The van der Waals surface area contributed by atoms with Crippen molar-refractivity contribution >= 4 is 45.6 Å². The van der Waals surface area contributed by atoms with E-state index in [9.17, 15) is 14.7 Å². The molecule has 3 heterocycles. The number of hydrazine groups is 1. The lowest BCUT2D eigenvalue weighted by atomic mass is 10.0. The minimum absolute atomic E-state index is 0.0884. The summed E-state index contributed by atoms with van der Waals surface area (Å²) >= 11 is 3.96. The Kier molecular flexibility index (Phi) is 8.88. The number of thiophene rings is 2. The molecule has 0 aliphatic carbocycles. The number of nitrogens with zero attached hydrogens (tertiary/aromatic N) is 2. The summed E-state index contributed by atoms with van der Waals surface area (Å²) in [5.41, 5.74) is 4.05. The van der Waals surface area contributed by atoms with Gasteiger partial charge in [0.1, 0.15) is 4.88 Å². The van der Waals surface area contributed by atoms with Gasteiger partial charge >= 0.3 is 11.2 Å². The molecule has 4 rings (SSSR count). The predicted octanol–water partition coefficient (Wildman–Crippen LogP) is 5.61. The lowest BCUT2D eigenvalue weighted by Crippen LogP contribution is -2.45. The molecular weight excluding hydrogens is 513 g/mol. The van der Waals surface area contributed by atoms with Gasteiger partial charge in [0.25, 0.3) is 0 Å². The zero-order valence-electron chi connectivity index (χ0n) is 19.7. The number of hydrogen-bond donors (Lipinski definition) is 2. The van der Waals surface area contributed by atoms with Crippen molar-refractivity contribution in [1.29, 1.82) is 0 Å². The number of aliphatic hydroxyl groups excluding tert-OH is 1. The molecule has 1 aliphatic rings. The molecule has 6 nitrogen and oxygen atoms in total. The number of hydrogen-bond acceptors (Lipinski definition) is 7. The molecule has 186 valence electrons. The summed E-state index contributed by atoms with van der Waals surface area (Å²) in [5, 5.41) is 29.1. The van der Waals surface area contributed by atoms with E-state index in [0.717, 1.165) is 38.9 Å². The number of aryl methyl sites for hydroxylation is 1. The van der Waals surface area contributed by atoms with Crippen molar-refractivity contribution in [1.82, 2.24) is 10.0 Å². The number of aliphatic hydroxyl groups is 1. The van der Waals surface area contributed by atoms with Crippen LogP contribution < -0.4 is 0 Å². The Balaban J connectivity index is 1.33. The van der Waals surface area contributed by atoms with Crippen LogP contribution in [0, 0.1) is 18.8 Å². The largest absolute Gasteiger partial charge is 0.477 e. The van der Waals surface area contributed by atoms with E-state index in [0.29, 0.717) is 37.2 Å². The maximum atomic E-state index is 12.5. The zero-order valence-corrected chi connectivity index (χ0v) is 22.2. The molecule has 0 spiro atoms. The van der Waals surface area contributed by atoms with Gasteiger partial charge in [-0.1, -0.05) is 17.9 Å². The molecule has 0 saturated heterocycles. The number of carboxylic acid groups (broad SMARTS) is 1. The molecule has 2 N–H and O–H groups in total. The molecule has 2 aromatic heterocycles. The molecule has 1 unspecified atom stereocenters. The lowest BCUT2D eigenvalue weighted by Gasteiger charge is -2.36. The van der Waals surface area contributed by atoms with Gasteiger partial charge in [0, 0.05) is 47.1 Å². The number of rotatable bonds is 9. The van der Waals surface area contributed by atoms with E-state index in [4.69, 9.17) is 5.11 Å². The third-order valence-electron chi connectivity index (χ3n) is 5.54. The van der Waals surface area contributed by atoms with Gasteiger partial charge in [-0.3, -0.25) is 9.80 Å². The fourth-order valence-corrected chi connectivity index (χ4v) is 5.91. The van der Waals surface area contributed by atoms with Gasteiger partial charge in [-0.25, -0.2) is 9.80 Å². The Labute approximate surface area is 222 Å². The van der Waals surface area contributed by atoms with Gasteiger partial charge < -0.3 is 10.2 Å². The predicted molar refractivity (Wildman–Crippen MR) is 146 cm³/mol. The minimum Gasteiger partial charge on any atom is -0.477 e. The summed E-state index contributed by atoms with van der Waals surface area (Å²) in [6.45, 7) is 2.96. The summed E-state index contributed by atoms with van der Waals surface area (Å²) in [5.74, 6) is 5.44. The van der Waals surface area contributed by atoms with Crippen molar-refractivity contribution in [3.05, 3.63) is 90.8 Å². The topological polar surface area (TPSA) is 81.1 Å². The summed E-state index contributed by atoms with van der Waals surface area (Å²) in [6, 6.07) is 11.5. The van der Waals surface area contributed by atoms with Crippen LogP contribution in [0.4, 0.5) is 4.79 Å². The number of carboxylic acids is 1. The minimum atomic E-state index is -0.940. The Hall–Kier alpha value is -3.03. The Morgan fingerprint density at radius 1 is 1.11 bits per heavy atom. The number of carbonyl (C=O) groups excluding carboxylic acids is 1. The van der Waals surface area contributed by atoms with Crippen molar-refractivity contribution in [3.8, 4) is 11.8 Å². The van der Waals surface area contributed by atoms with Crippen LogP contribution in [0.3, 0.4) is 0 Å². The summed E-state index contributed by atoms with van der Waals surface area (Å²) in [7, 11) is 0. The summed E-state index contributed by atoms with van der Waals surface area (Å²) in [4.78, 5) is 24.9. The number of amides is 1. The lowest BCUT2D eigenvalue weighted by molar-refractivity contribution is 0.0548. The Morgan fingerprint density at radius 3 is 2.69 bits per heavy atom. The number of carbonyl (C=O) groups is 2. The summed E-state index contributed by atoms with van der Waals surface area (Å²) < 4.78 is 0. The van der Waals surface area contributed by atoms with Gasteiger partial charge in [-0.05, 0) is 83.8 Å². The first-order chi connectivity index (χ1) is 17.4. The second-order valence-corrected chi connectivity index (χ2v) is 11.2. The molecule has 9 heteroatoms. The highest BCUT2D eigenvalue weighted by Crippen LogP contribution is 2.23. The van der Waals surface area contributed by atoms with E-state index in [2.05, 4.69) is 17.9 Å². The standard InChI is InChI=1S/C27H26N2O4S3/c1-19-14-21(3-2-20-8-12-34-18-20)16-22(15-19)17-23(30)6-9-28-11-13-35-27(33)29(28)10-7-24-4-5-25(36-24)26(31)32/h4-5,8,11-16,18,23,30H,6-7,9-10,17H2,1H3,(H,31,32). The molecule has 1 atom stereocenters. The fourth-order valence-electron chi connectivity index (χ4n) is 3.85. The zero-order chi connectivity index (χ0) is 25.5. The molecule has 0 saturated carbocycles. The van der Waals surface area contributed by atoms with Crippen LogP contribution in [0.15, 0.2) is 58.8 Å². The van der Waals surface area contributed by atoms with Crippen LogP contribution in [-0.2, 0) is 12.8 Å². The maximum absolute atomic E-state index is 12.5. The molecule has 36 heavy (non-hydrogen) atoms. The van der Waals surface area contributed by atoms with E-state index in [1.54, 1.807) is 33.9 Å². The van der Waals surface area contributed by atoms with Gasteiger partial charge in [0.15, 0.2) is 0 Å². The van der Waals surface area contributed by atoms with Crippen molar-refractivity contribution < 1.29 is 19.8 Å². The number of benzene rings is 1. The molecule has 1 amide bonds. The van der Waals surface area contributed by atoms with Crippen LogP contribution in [0.5, 0.6) is 0 Å². The van der Waals surface area contributed by atoms with Crippen molar-refractivity contribution in [2.45, 2.75) is 32.3 Å². The normalized spacial score (nSPS) is 14.0. The number of thioether (sulfide) groups is 1. The van der Waals surface area contributed by atoms with E-state index < -0.39 is 12.1 Å². The molecule has 3 aromatic rings. The quantitative estimate of drug-likeness (QED) is 0.345. The second kappa shape index (κ2) is 12.3. The molecule has 0 radical (unpaired) electrons. The van der Waals surface area contributed by atoms with E-state index in [1.165, 1.54) is 11.3 Å². The highest BCUT2D eigenvalue weighted by Gasteiger charge is 2.23. The van der Waals surface area contributed by atoms with E-state index in [1.807, 2.05) is 47.1 Å².